The molecule has 0 spiro atoms. The lowest BCUT2D eigenvalue weighted by molar-refractivity contribution is -0.360. The Hall–Kier alpha value is -0.340. The number of hydrogen-bond donors (Lipinski definition) is 1. The second kappa shape index (κ2) is 4.94. The Bertz CT molecular complexity index is 406. The highest BCUT2D eigenvalue weighted by Crippen LogP contribution is 2.27. The smallest absolute Gasteiger partial charge is 0.0993 e. The monoisotopic (exact) mass is 326 g/mol. The third-order valence-corrected chi connectivity index (χ3v) is 3.68. The van der Waals surface area contributed by atoms with Crippen LogP contribution in [0.1, 0.15) is 0 Å². The van der Waals surface area contributed by atoms with Gasteiger partial charge in [-0.15, -0.1) is 5.69 Å². The average Bonchev–Trinajstić information content (AvgIpc) is 2.08. The number of benzene rings is 1. The van der Waals surface area contributed by atoms with Crippen molar-refractivity contribution in [2.24, 2.45) is 0 Å². The van der Waals surface area contributed by atoms with Gasteiger partial charge in [-0.3, -0.25) is 0 Å². The Kier molecular flexibility index (Phi) is 4.14. The first-order valence-electron chi connectivity index (χ1n) is 4.04. The number of halogens is 1. The molecule has 14 heavy (non-hydrogen) atoms. The minimum atomic E-state index is -3.35. The van der Waals surface area contributed by atoms with Crippen LogP contribution in [-0.4, -0.2) is 20.7 Å². The van der Waals surface area contributed by atoms with Crippen LogP contribution in [0.4, 0.5) is 5.69 Å². The number of hydrogen-bond acceptors (Lipinski definition) is 2. The summed E-state index contributed by atoms with van der Waals surface area (Å²) in [5.41, 5.74) is 4.00. The van der Waals surface area contributed by atoms with Gasteiger partial charge in [-0.2, -0.15) is 0 Å². The fourth-order valence-corrected chi connectivity index (χ4v) is 2.49. The Morgan fingerprint density at radius 1 is 1.36 bits per heavy atom. The Labute approximate surface area is 97.1 Å². The van der Waals surface area contributed by atoms with Crippen LogP contribution in [0.25, 0.3) is 4.72 Å². The molecule has 1 rings (SSSR count). The SMILES string of the molecule is [NH3+]CCS(=O)(=O)[N-]c1ccccc1I. The van der Waals surface area contributed by atoms with Crippen molar-refractivity contribution in [2.45, 2.75) is 0 Å². The van der Waals surface area contributed by atoms with E-state index in [-0.39, 0.29) is 5.75 Å². The molecule has 0 fully saturated rings. The standard InChI is InChI=1S/C8H10IN2O2S/c9-7-3-1-2-4-8(7)11-14(12,13)6-5-10/h1-4H,5-6,10H2/q-1/p+1. The van der Waals surface area contributed by atoms with Crippen molar-refractivity contribution in [1.82, 2.24) is 0 Å². The quantitative estimate of drug-likeness (QED) is 0.834. The summed E-state index contributed by atoms with van der Waals surface area (Å²) < 4.78 is 27.2. The number of sulfonamides is 1. The lowest BCUT2D eigenvalue weighted by atomic mass is 10.3. The Balaban J connectivity index is 2.84. The molecular formula is C8H11IN2O2S. The van der Waals surface area contributed by atoms with Crippen molar-refractivity contribution in [3.63, 3.8) is 0 Å². The van der Waals surface area contributed by atoms with Crippen LogP contribution in [0.15, 0.2) is 24.3 Å². The molecule has 0 aliphatic carbocycles. The fraction of sp³-hybridized carbons (Fsp3) is 0.250. The first-order valence-corrected chi connectivity index (χ1v) is 6.73. The average molecular weight is 326 g/mol. The maximum absolute atomic E-state index is 11.3. The van der Waals surface area contributed by atoms with Crippen LogP contribution in [0, 0.1) is 3.57 Å². The third kappa shape index (κ3) is 3.43. The Morgan fingerprint density at radius 2 is 2.00 bits per heavy atom. The van der Waals surface area contributed by atoms with Gasteiger partial charge in [0.15, 0.2) is 0 Å². The second-order valence-corrected chi connectivity index (χ2v) is 5.60. The van der Waals surface area contributed by atoms with E-state index in [0.717, 1.165) is 3.57 Å². The van der Waals surface area contributed by atoms with Crippen molar-refractivity contribution < 1.29 is 14.2 Å². The van der Waals surface area contributed by atoms with Crippen molar-refractivity contribution >= 4 is 38.3 Å². The number of rotatable bonds is 4. The summed E-state index contributed by atoms with van der Waals surface area (Å²) in [5, 5.41) is 0. The molecular weight excluding hydrogens is 315 g/mol. The predicted molar refractivity (Wildman–Crippen MR) is 63.7 cm³/mol. The van der Waals surface area contributed by atoms with Crippen LogP contribution in [0.5, 0.6) is 0 Å². The Morgan fingerprint density at radius 3 is 2.57 bits per heavy atom. The maximum Gasteiger partial charge on any atom is 0.0993 e. The molecule has 0 bridgehead atoms. The number of quaternary nitrogens is 1. The van der Waals surface area contributed by atoms with Crippen LogP contribution >= 0.6 is 22.6 Å². The highest BCUT2D eigenvalue weighted by Gasteiger charge is 2.00. The van der Waals surface area contributed by atoms with Crippen molar-refractivity contribution in [1.29, 1.82) is 0 Å². The van der Waals surface area contributed by atoms with E-state index < -0.39 is 10.0 Å². The van der Waals surface area contributed by atoms with Gasteiger partial charge in [-0.25, -0.2) is 8.42 Å². The van der Waals surface area contributed by atoms with Gasteiger partial charge in [0, 0.05) is 0 Å². The van der Waals surface area contributed by atoms with Crippen molar-refractivity contribution in [3.8, 4) is 0 Å². The summed E-state index contributed by atoms with van der Waals surface area (Å²) in [7, 11) is -3.35. The van der Waals surface area contributed by atoms with E-state index in [1.165, 1.54) is 0 Å². The topological polar surface area (TPSA) is 75.9 Å². The van der Waals surface area contributed by atoms with Gasteiger partial charge >= 0.3 is 0 Å². The molecule has 1 aromatic rings. The van der Waals surface area contributed by atoms with Gasteiger partial charge in [0.1, 0.15) is 0 Å². The number of nitrogens with zero attached hydrogens (tertiary/aromatic N) is 1. The molecule has 0 heterocycles. The highest BCUT2D eigenvalue weighted by molar-refractivity contribution is 14.1. The molecule has 0 aromatic heterocycles. The highest BCUT2D eigenvalue weighted by atomic mass is 127. The lowest BCUT2D eigenvalue weighted by Gasteiger charge is -2.21. The first-order chi connectivity index (χ1) is 6.55. The molecule has 6 heteroatoms. The molecule has 1 aromatic carbocycles. The molecule has 4 nitrogen and oxygen atoms in total. The predicted octanol–water partition coefficient (Wildman–Crippen LogP) is 0.868. The van der Waals surface area contributed by atoms with E-state index in [1.807, 2.05) is 12.1 Å². The van der Waals surface area contributed by atoms with E-state index in [1.54, 1.807) is 12.1 Å². The molecule has 0 atom stereocenters. The zero-order valence-electron chi connectivity index (χ0n) is 7.48. The van der Waals surface area contributed by atoms with Gasteiger partial charge in [0.25, 0.3) is 0 Å². The largest absolute Gasteiger partial charge is 0.576 e. The van der Waals surface area contributed by atoms with E-state index >= 15 is 0 Å². The van der Waals surface area contributed by atoms with E-state index in [9.17, 15) is 8.42 Å². The van der Waals surface area contributed by atoms with E-state index in [4.69, 9.17) is 0 Å². The molecule has 0 radical (unpaired) electrons. The lowest BCUT2D eigenvalue weighted by Crippen LogP contribution is -2.52. The summed E-state index contributed by atoms with van der Waals surface area (Å²) in [6.45, 7) is 0.343. The molecule has 78 valence electrons. The molecule has 0 saturated heterocycles. The van der Waals surface area contributed by atoms with Crippen molar-refractivity contribution in [2.75, 3.05) is 12.3 Å². The van der Waals surface area contributed by atoms with Gasteiger partial charge in [-0.1, -0.05) is 24.3 Å². The minimum Gasteiger partial charge on any atom is -0.576 e. The van der Waals surface area contributed by atoms with Gasteiger partial charge in [-0.05, 0) is 26.2 Å². The summed E-state index contributed by atoms with van der Waals surface area (Å²) in [6.07, 6.45) is 0. The minimum absolute atomic E-state index is 0.00201. The second-order valence-electron chi connectivity index (χ2n) is 2.68. The third-order valence-electron chi connectivity index (χ3n) is 1.49. The van der Waals surface area contributed by atoms with Crippen LogP contribution in [0.2, 0.25) is 0 Å². The van der Waals surface area contributed by atoms with E-state index in [0.29, 0.717) is 12.2 Å². The maximum atomic E-state index is 11.3. The molecule has 3 N–H and O–H groups in total. The molecule has 0 amide bonds. The summed E-state index contributed by atoms with van der Waals surface area (Å²) >= 11 is 2.05. The van der Waals surface area contributed by atoms with Crippen LogP contribution in [-0.2, 0) is 10.0 Å². The van der Waals surface area contributed by atoms with Gasteiger partial charge in [0.05, 0.1) is 22.3 Å². The molecule has 0 unspecified atom stereocenters. The van der Waals surface area contributed by atoms with Crippen molar-refractivity contribution in [3.05, 3.63) is 32.6 Å². The van der Waals surface area contributed by atoms with Crippen LogP contribution < -0.4 is 5.73 Å². The molecule has 0 saturated carbocycles. The summed E-state index contributed by atoms with van der Waals surface area (Å²) in [6, 6.07) is 7.11. The van der Waals surface area contributed by atoms with E-state index in [2.05, 4.69) is 33.0 Å². The fourth-order valence-electron chi connectivity index (χ4n) is 0.904. The summed E-state index contributed by atoms with van der Waals surface area (Å²) in [4.78, 5) is 0. The molecule has 0 aliphatic heterocycles. The zero-order valence-corrected chi connectivity index (χ0v) is 10.5. The summed E-state index contributed by atoms with van der Waals surface area (Å²) in [5.74, 6) is -0.00201. The molecule has 0 aliphatic rings. The first kappa shape index (κ1) is 11.7. The van der Waals surface area contributed by atoms with Crippen LogP contribution in [0.3, 0.4) is 0 Å². The normalized spacial score (nSPS) is 11.3. The van der Waals surface area contributed by atoms with Gasteiger partial charge in [0.2, 0.25) is 0 Å². The zero-order chi connectivity index (χ0) is 10.6. The van der Waals surface area contributed by atoms with Gasteiger partial charge < -0.3 is 10.5 Å².